The fourth-order valence-electron chi connectivity index (χ4n) is 2.64. The Balaban J connectivity index is 2.18. The molecule has 1 fully saturated rings. The zero-order chi connectivity index (χ0) is 15.6. The van der Waals surface area contributed by atoms with Crippen LogP contribution in [0.4, 0.5) is 0 Å². The van der Waals surface area contributed by atoms with Gasteiger partial charge in [0.05, 0.1) is 17.0 Å². The van der Waals surface area contributed by atoms with Crippen LogP contribution >= 0.6 is 15.9 Å². The zero-order valence-electron chi connectivity index (χ0n) is 12.1. The first kappa shape index (κ1) is 15.8. The second kappa shape index (κ2) is 6.05. The minimum absolute atomic E-state index is 0.144. The van der Waals surface area contributed by atoms with Gasteiger partial charge in [0.25, 0.3) is 5.91 Å². The molecule has 5 nitrogen and oxygen atoms in total. The molecule has 2 rings (SSSR count). The lowest BCUT2D eigenvalue weighted by Gasteiger charge is -2.23. The number of methoxy groups -OCH3 is 1. The number of nitrogens with zero attached hydrogens (tertiary/aromatic N) is 1. The number of ether oxygens (including phenoxy) is 1. The fraction of sp³-hybridized carbons (Fsp3) is 0.467. The van der Waals surface area contributed by atoms with Crippen LogP contribution in [0.25, 0.3) is 0 Å². The molecule has 1 N–H and O–H groups in total. The summed E-state index contributed by atoms with van der Waals surface area (Å²) in [5.41, 5.74) is -0.278. The van der Waals surface area contributed by atoms with Gasteiger partial charge in [0.2, 0.25) is 0 Å². The van der Waals surface area contributed by atoms with E-state index in [4.69, 9.17) is 4.74 Å². The highest BCUT2D eigenvalue weighted by atomic mass is 79.9. The Morgan fingerprint density at radius 3 is 2.67 bits per heavy atom. The van der Waals surface area contributed by atoms with Crippen molar-refractivity contribution >= 4 is 27.8 Å². The van der Waals surface area contributed by atoms with E-state index in [1.165, 1.54) is 0 Å². The number of carboxylic acids is 1. The van der Waals surface area contributed by atoms with Gasteiger partial charge < -0.3 is 14.7 Å². The molecule has 1 saturated heterocycles. The van der Waals surface area contributed by atoms with E-state index in [1.807, 2.05) is 6.92 Å². The van der Waals surface area contributed by atoms with E-state index in [9.17, 15) is 14.7 Å². The lowest BCUT2D eigenvalue weighted by atomic mass is 9.84. The van der Waals surface area contributed by atoms with Gasteiger partial charge in [-0.1, -0.05) is 6.92 Å². The molecule has 0 saturated carbocycles. The summed E-state index contributed by atoms with van der Waals surface area (Å²) in [5.74, 6) is -0.312. The number of rotatable bonds is 4. The van der Waals surface area contributed by atoms with Crippen molar-refractivity contribution < 1.29 is 19.4 Å². The third kappa shape index (κ3) is 2.90. The highest BCUT2D eigenvalue weighted by Crippen LogP contribution is 2.35. The molecule has 1 unspecified atom stereocenters. The first-order chi connectivity index (χ1) is 9.93. The minimum Gasteiger partial charge on any atom is -0.496 e. The van der Waals surface area contributed by atoms with Gasteiger partial charge in [0, 0.05) is 18.7 Å². The van der Waals surface area contributed by atoms with Crippen molar-refractivity contribution in [2.24, 2.45) is 5.41 Å². The SMILES string of the molecule is CCC1(C(=O)O)CCN(C(=O)c2ccc(OC)c(Br)c2)C1. The van der Waals surface area contributed by atoms with Gasteiger partial charge in [-0.2, -0.15) is 0 Å². The number of amides is 1. The molecule has 114 valence electrons. The summed E-state index contributed by atoms with van der Waals surface area (Å²) in [4.78, 5) is 25.5. The standard InChI is InChI=1S/C15H18BrNO4/c1-3-15(14(19)20)6-7-17(9-15)13(18)10-4-5-12(21-2)11(16)8-10/h4-5,8H,3,6-7,9H2,1-2H3,(H,19,20). The maximum Gasteiger partial charge on any atom is 0.311 e. The molecular weight excluding hydrogens is 338 g/mol. The molecule has 0 spiro atoms. The van der Waals surface area contributed by atoms with Crippen molar-refractivity contribution in [1.29, 1.82) is 0 Å². The molecule has 1 heterocycles. The third-order valence-corrected chi connectivity index (χ3v) is 4.79. The molecular formula is C15H18BrNO4. The quantitative estimate of drug-likeness (QED) is 0.901. The molecule has 0 radical (unpaired) electrons. The van der Waals surface area contributed by atoms with E-state index in [-0.39, 0.29) is 12.5 Å². The van der Waals surface area contributed by atoms with Crippen LogP contribution < -0.4 is 4.74 Å². The molecule has 1 aliphatic rings. The predicted molar refractivity (Wildman–Crippen MR) is 81.6 cm³/mol. The van der Waals surface area contributed by atoms with Crippen LogP contribution in [0, 0.1) is 5.41 Å². The Morgan fingerprint density at radius 2 is 2.19 bits per heavy atom. The smallest absolute Gasteiger partial charge is 0.311 e. The van der Waals surface area contributed by atoms with E-state index in [0.717, 1.165) is 0 Å². The number of hydrogen-bond acceptors (Lipinski definition) is 3. The maximum atomic E-state index is 12.5. The molecule has 6 heteroatoms. The average molecular weight is 356 g/mol. The molecule has 0 aromatic heterocycles. The first-order valence-electron chi connectivity index (χ1n) is 6.80. The normalized spacial score (nSPS) is 21.4. The molecule has 21 heavy (non-hydrogen) atoms. The number of likely N-dealkylation sites (tertiary alicyclic amines) is 1. The largest absolute Gasteiger partial charge is 0.496 e. The summed E-state index contributed by atoms with van der Waals surface area (Å²) >= 11 is 3.35. The third-order valence-electron chi connectivity index (χ3n) is 4.17. The van der Waals surface area contributed by atoms with Crippen molar-refractivity contribution in [3.63, 3.8) is 0 Å². The van der Waals surface area contributed by atoms with Crippen molar-refractivity contribution in [3.05, 3.63) is 28.2 Å². The van der Waals surface area contributed by atoms with Gasteiger partial charge in [-0.25, -0.2) is 0 Å². The molecule has 1 aliphatic heterocycles. The van der Waals surface area contributed by atoms with Gasteiger partial charge in [-0.15, -0.1) is 0 Å². The number of carboxylic acid groups (broad SMARTS) is 1. The molecule has 1 aromatic rings. The van der Waals surface area contributed by atoms with Crippen LogP contribution in [0.1, 0.15) is 30.1 Å². The highest BCUT2D eigenvalue weighted by molar-refractivity contribution is 9.10. The Morgan fingerprint density at radius 1 is 1.48 bits per heavy atom. The summed E-state index contributed by atoms with van der Waals surface area (Å²) in [7, 11) is 1.56. The first-order valence-corrected chi connectivity index (χ1v) is 7.59. The summed E-state index contributed by atoms with van der Waals surface area (Å²) in [5, 5.41) is 9.38. The highest BCUT2D eigenvalue weighted by Gasteiger charge is 2.44. The number of carbonyl (C=O) groups excluding carboxylic acids is 1. The van der Waals surface area contributed by atoms with Crippen LogP contribution in [-0.4, -0.2) is 42.1 Å². The van der Waals surface area contributed by atoms with Crippen LogP contribution in [0.15, 0.2) is 22.7 Å². The van der Waals surface area contributed by atoms with Crippen LogP contribution in [0.3, 0.4) is 0 Å². The van der Waals surface area contributed by atoms with Gasteiger partial charge >= 0.3 is 5.97 Å². The van der Waals surface area contributed by atoms with Gasteiger partial charge in [0.15, 0.2) is 0 Å². The fourth-order valence-corrected chi connectivity index (χ4v) is 3.18. The average Bonchev–Trinajstić information content (AvgIpc) is 2.92. The van der Waals surface area contributed by atoms with Gasteiger partial charge in [-0.3, -0.25) is 9.59 Å². The molecule has 0 bridgehead atoms. The van der Waals surface area contributed by atoms with E-state index in [0.29, 0.717) is 35.2 Å². The maximum absolute atomic E-state index is 12.5. The Hall–Kier alpha value is -1.56. The number of hydrogen-bond donors (Lipinski definition) is 1. The lowest BCUT2D eigenvalue weighted by Crippen LogP contribution is -2.36. The van der Waals surface area contributed by atoms with Gasteiger partial charge in [-0.05, 0) is 47.0 Å². The number of aliphatic carboxylic acids is 1. The van der Waals surface area contributed by atoms with Crippen molar-refractivity contribution in [1.82, 2.24) is 4.90 Å². The topological polar surface area (TPSA) is 66.8 Å². The summed E-state index contributed by atoms with van der Waals surface area (Å²) in [6.45, 7) is 2.59. The molecule has 1 aromatic carbocycles. The van der Waals surface area contributed by atoms with Crippen molar-refractivity contribution in [2.45, 2.75) is 19.8 Å². The van der Waals surface area contributed by atoms with Crippen LogP contribution in [-0.2, 0) is 4.79 Å². The van der Waals surface area contributed by atoms with Crippen LogP contribution in [0.5, 0.6) is 5.75 Å². The Bertz CT molecular complexity index is 575. The monoisotopic (exact) mass is 355 g/mol. The van der Waals surface area contributed by atoms with E-state index < -0.39 is 11.4 Å². The van der Waals surface area contributed by atoms with Crippen LogP contribution in [0.2, 0.25) is 0 Å². The summed E-state index contributed by atoms with van der Waals surface area (Å²) < 4.78 is 5.84. The second-order valence-electron chi connectivity index (χ2n) is 5.27. The summed E-state index contributed by atoms with van der Waals surface area (Å²) in [6, 6.07) is 5.12. The Labute approximate surface area is 132 Å². The lowest BCUT2D eigenvalue weighted by molar-refractivity contribution is -0.148. The van der Waals surface area contributed by atoms with Gasteiger partial charge in [0.1, 0.15) is 5.75 Å². The molecule has 1 atom stereocenters. The number of benzene rings is 1. The molecule has 1 amide bonds. The van der Waals surface area contributed by atoms with E-state index in [1.54, 1.807) is 30.2 Å². The van der Waals surface area contributed by atoms with E-state index >= 15 is 0 Å². The van der Waals surface area contributed by atoms with Crippen molar-refractivity contribution in [2.75, 3.05) is 20.2 Å². The summed E-state index contributed by atoms with van der Waals surface area (Å²) in [6.07, 6.45) is 1.03. The second-order valence-corrected chi connectivity index (χ2v) is 6.12. The molecule has 0 aliphatic carbocycles. The Kier molecular flexibility index (Phi) is 4.56. The zero-order valence-corrected chi connectivity index (χ0v) is 13.6. The predicted octanol–water partition coefficient (Wildman–Crippen LogP) is 2.78. The van der Waals surface area contributed by atoms with E-state index in [2.05, 4.69) is 15.9 Å². The number of halogens is 1. The minimum atomic E-state index is -0.823. The number of carbonyl (C=O) groups is 2. The van der Waals surface area contributed by atoms with Crippen molar-refractivity contribution in [3.8, 4) is 5.75 Å².